The van der Waals surface area contributed by atoms with E-state index < -0.39 is 0 Å². The van der Waals surface area contributed by atoms with E-state index in [1.165, 1.54) is 0 Å². The van der Waals surface area contributed by atoms with Crippen LogP contribution in [0.5, 0.6) is 0 Å². The smallest absolute Gasteiger partial charge is 0.249 e. The Kier molecular flexibility index (Phi) is 4.55. The van der Waals surface area contributed by atoms with Gasteiger partial charge in [0, 0.05) is 36.2 Å². The van der Waals surface area contributed by atoms with Crippen LogP contribution in [0.25, 0.3) is 6.08 Å². The maximum absolute atomic E-state index is 12.2. The van der Waals surface area contributed by atoms with E-state index in [9.17, 15) is 4.79 Å². The van der Waals surface area contributed by atoms with Crippen LogP contribution in [-0.4, -0.2) is 37.0 Å². The van der Waals surface area contributed by atoms with Crippen molar-refractivity contribution in [1.82, 2.24) is 10.2 Å². The number of carbonyl (C=O) groups excluding carboxylic acids is 1. The molecule has 1 aromatic rings. The highest BCUT2D eigenvalue weighted by Crippen LogP contribution is 2.14. The van der Waals surface area contributed by atoms with Crippen LogP contribution in [0.4, 0.5) is 0 Å². The summed E-state index contributed by atoms with van der Waals surface area (Å²) in [4.78, 5) is 14.1. The molecule has 0 radical (unpaired) electrons. The molecule has 3 nitrogen and oxygen atoms in total. The summed E-state index contributed by atoms with van der Waals surface area (Å²) in [7, 11) is 0. The fourth-order valence-electron chi connectivity index (χ4n) is 1.99. The Balaban J connectivity index is 2.07. The van der Waals surface area contributed by atoms with Crippen LogP contribution in [0.15, 0.2) is 34.3 Å². The van der Waals surface area contributed by atoms with E-state index in [0.29, 0.717) is 0 Å². The fourth-order valence-corrected chi connectivity index (χ4v) is 2.25. The lowest BCUT2D eigenvalue weighted by molar-refractivity contribution is -0.127. The van der Waals surface area contributed by atoms with Gasteiger partial charge in [0.1, 0.15) is 0 Å². The summed E-state index contributed by atoms with van der Waals surface area (Å²) >= 11 is 3.40. The van der Waals surface area contributed by atoms with Crippen LogP contribution < -0.4 is 5.32 Å². The first-order valence-corrected chi connectivity index (χ1v) is 6.90. The number of nitrogens with zero attached hydrogens (tertiary/aromatic N) is 1. The molecular weight excluding hydrogens is 292 g/mol. The van der Waals surface area contributed by atoms with Gasteiger partial charge < -0.3 is 10.2 Å². The van der Waals surface area contributed by atoms with E-state index in [0.717, 1.165) is 41.8 Å². The lowest BCUT2D eigenvalue weighted by atomic mass is 10.1. The van der Waals surface area contributed by atoms with Crippen LogP contribution in [0.2, 0.25) is 0 Å². The van der Waals surface area contributed by atoms with Gasteiger partial charge in [-0.05, 0) is 30.7 Å². The topological polar surface area (TPSA) is 32.3 Å². The van der Waals surface area contributed by atoms with E-state index in [1.807, 2.05) is 42.2 Å². The van der Waals surface area contributed by atoms with Gasteiger partial charge in [-0.25, -0.2) is 0 Å². The zero-order chi connectivity index (χ0) is 13.0. The van der Waals surface area contributed by atoms with Crippen molar-refractivity contribution in [2.45, 2.75) is 6.92 Å². The van der Waals surface area contributed by atoms with E-state index >= 15 is 0 Å². The van der Waals surface area contributed by atoms with Crippen molar-refractivity contribution in [2.75, 3.05) is 26.2 Å². The van der Waals surface area contributed by atoms with Gasteiger partial charge in [0.15, 0.2) is 0 Å². The summed E-state index contributed by atoms with van der Waals surface area (Å²) in [5, 5.41) is 3.25. The van der Waals surface area contributed by atoms with Crippen molar-refractivity contribution < 1.29 is 4.79 Å². The summed E-state index contributed by atoms with van der Waals surface area (Å²) in [5.41, 5.74) is 1.85. The highest BCUT2D eigenvalue weighted by atomic mass is 79.9. The molecule has 0 aromatic heterocycles. The molecule has 0 bridgehead atoms. The molecule has 1 N–H and O–H groups in total. The Hall–Kier alpha value is -1.13. The third-order valence-corrected chi connectivity index (χ3v) is 3.52. The fraction of sp³-hybridized carbons (Fsp3) is 0.357. The minimum Gasteiger partial charge on any atom is -0.336 e. The Morgan fingerprint density at radius 2 is 1.89 bits per heavy atom. The van der Waals surface area contributed by atoms with Crippen molar-refractivity contribution in [3.05, 3.63) is 39.9 Å². The molecule has 18 heavy (non-hydrogen) atoms. The normalized spacial score (nSPS) is 16.8. The van der Waals surface area contributed by atoms with Gasteiger partial charge in [-0.1, -0.05) is 28.1 Å². The second kappa shape index (κ2) is 6.16. The molecule has 1 fully saturated rings. The molecule has 0 spiro atoms. The number of carbonyl (C=O) groups is 1. The third-order valence-electron chi connectivity index (χ3n) is 2.99. The van der Waals surface area contributed by atoms with Crippen molar-refractivity contribution in [1.29, 1.82) is 0 Å². The number of rotatable bonds is 2. The second-order valence-electron chi connectivity index (χ2n) is 4.42. The molecule has 0 unspecified atom stereocenters. The Labute approximate surface area is 116 Å². The Bertz CT molecular complexity index is 447. The molecule has 0 atom stereocenters. The Morgan fingerprint density at radius 3 is 2.50 bits per heavy atom. The highest BCUT2D eigenvalue weighted by molar-refractivity contribution is 9.10. The Morgan fingerprint density at radius 1 is 1.28 bits per heavy atom. The lowest BCUT2D eigenvalue weighted by Crippen LogP contribution is -2.46. The SMILES string of the molecule is C/C(=C\c1ccc(Br)cc1)C(=O)N1CCNCC1. The number of halogens is 1. The molecule has 1 saturated heterocycles. The van der Waals surface area contributed by atoms with Crippen molar-refractivity contribution in [2.24, 2.45) is 0 Å². The summed E-state index contributed by atoms with van der Waals surface area (Å²) in [6, 6.07) is 7.96. The van der Waals surface area contributed by atoms with E-state index in [-0.39, 0.29) is 5.91 Å². The quantitative estimate of drug-likeness (QED) is 0.850. The highest BCUT2D eigenvalue weighted by Gasteiger charge is 2.17. The third kappa shape index (κ3) is 3.43. The van der Waals surface area contributed by atoms with Gasteiger partial charge in [-0.15, -0.1) is 0 Å². The predicted octanol–water partition coefficient (Wildman–Crippen LogP) is 2.28. The van der Waals surface area contributed by atoms with Gasteiger partial charge in [0.2, 0.25) is 5.91 Å². The molecule has 1 heterocycles. The summed E-state index contributed by atoms with van der Waals surface area (Å²) in [6.45, 7) is 5.25. The van der Waals surface area contributed by atoms with Crippen LogP contribution in [0.3, 0.4) is 0 Å². The van der Waals surface area contributed by atoms with Crippen LogP contribution in [0, 0.1) is 0 Å². The predicted molar refractivity (Wildman–Crippen MR) is 77.2 cm³/mol. The lowest BCUT2D eigenvalue weighted by Gasteiger charge is -2.27. The van der Waals surface area contributed by atoms with Crippen LogP contribution >= 0.6 is 15.9 Å². The number of hydrogen-bond donors (Lipinski definition) is 1. The van der Waals surface area contributed by atoms with E-state index in [2.05, 4.69) is 21.2 Å². The maximum Gasteiger partial charge on any atom is 0.249 e. The molecule has 96 valence electrons. The first kappa shape index (κ1) is 13.3. The first-order chi connectivity index (χ1) is 8.66. The first-order valence-electron chi connectivity index (χ1n) is 6.10. The number of benzene rings is 1. The number of piperazine rings is 1. The number of nitrogens with one attached hydrogen (secondary N) is 1. The molecule has 4 heteroatoms. The van der Waals surface area contributed by atoms with E-state index in [1.54, 1.807) is 0 Å². The van der Waals surface area contributed by atoms with E-state index in [4.69, 9.17) is 0 Å². The van der Waals surface area contributed by atoms with Gasteiger partial charge in [-0.3, -0.25) is 4.79 Å². The second-order valence-corrected chi connectivity index (χ2v) is 5.34. The van der Waals surface area contributed by atoms with Crippen LogP contribution in [-0.2, 0) is 4.79 Å². The van der Waals surface area contributed by atoms with Gasteiger partial charge in [0.05, 0.1) is 0 Å². The van der Waals surface area contributed by atoms with Crippen molar-refractivity contribution in [3.63, 3.8) is 0 Å². The molecule has 1 aliphatic heterocycles. The summed E-state index contributed by atoms with van der Waals surface area (Å²) in [6.07, 6.45) is 1.94. The molecule has 1 aliphatic rings. The molecule has 1 amide bonds. The summed E-state index contributed by atoms with van der Waals surface area (Å²) < 4.78 is 1.05. The van der Waals surface area contributed by atoms with Gasteiger partial charge in [-0.2, -0.15) is 0 Å². The number of amides is 1. The molecule has 0 aliphatic carbocycles. The molecule has 2 rings (SSSR count). The van der Waals surface area contributed by atoms with Crippen LogP contribution in [0.1, 0.15) is 12.5 Å². The standard InChI is InChI=1S/C14H17BrN2O/c1-11(10-12-2-4-13(15)5-3-12)14(18)17-8-6-16-7-9-17/h2-5,10,16H,6-9H2,1H3/b11-10+. The zero-order valence-corrected chi connectivity index (χ0v) is 12.0. The van der Waals surface area contributed by atoms with Crippen molar-refractivity contribution in [3.8, 4) is 0 Å². The average Bonchev–Trinajstić information content (AvgIpc) is 2.41. The maximum atomic E-state index is 12.2. The molecule has 0 saturated carbocycles. The minimum absolute atomic E-state index is 0.138. The minimum atomic E-state index is 0.138. The molecule has 1 aromatic carbocycles. The average molecular weight is 309 g/mol. The van der Waals surface area contributed by atoms with Crippen molar-refractivity contribution >= 4 is 27.9 Å². The largest absolute Gasteiger partial charge is 0.336 e. The molecular formula is C14H17BrN2O. The number of hydrogen-bond acceptors (Lipinski definition) is 2. The monoisotopic (exact) mass is 308 g/mol. The zero-order valence-electron chi connectivity index (χ0n) is 10.4. The van der Waals surface area contributed by atoms with Gasteiger partial charge >= 0.3 is 0 Å². The summed E-state index contributed by atoms with van der Waals surface area (Å²) in [5.74, 6) is 0.138. The van der Waals surface area contributed by atoms with Gasteiger partial charge in [0.25, 0.3) is 0 Å².